The highest BCUT2D eigenvalue weighted by molar-refractivity contribution is 8.00. The Morgan fingerprint density at radius 2 is 2.12 bits per heavy atom. The summed E-state index contributed by atoms with van der Waals surface area (Å²) in [7, 11) is 0. The Balaban J connectivity index is 1.29. The van der Waals surface area contributed by atoms with Gasteiger partial charge in [-0.25, -0.2) is 9.78 Å². The molecule has 33 heavy (non-hydrogen) atoms. The highest BCUT2D eigenvalue weighted by Gasteiger charge is 2.54. The fourth-order valence-electron chi connectivity index (χ4n) is 4.34. The Morgan fingerprint density at radius 1 is 1.33 bits per heavy atom. The van der Waals surface area contributed by atoms with Crippen LogP contribution in [0.3, 0.4) is 0 Å². The number of thiazole rings is 1. The number of fused-ring (bicyclic) bond motifs is 1. The van der Waals surface area contributed by atoms with E-state index in [1.807, 2.05) is 4.90 Å². The van der Waals surface area contributed by atoms with Gasteiger partial charge in [-0.1, -0.05) is 0 Å². The SMILES string of the molecule is Nc1nc(CC(=O)N[C@@H]2C(=O)N3C(C(=O)O)=C(/C=C4\CCN(CC5CC5)C4=O)CS[C@H]23)cs1. The average Bonchev–Trinajstić information content (AvgIpc) is 3.42. The number of rotatable bonds is 7. The molecule has 1 aromatic heterocycles. The summed E-state index contributed by atoms with van der Waals surface area (Å²) in [5, 5.41) is 14.1. The van der Waals surface area contributed by atoms with Gasteiger partial charge in [-0.15, -0.1) is 23.1 Å². The lowest BCUT2D eigenvalue weighted by Gasteiger charge is -2.49. The molecular formula is C21H23N5O5S2. The first-order valence-corrected chi connectivity index (χ1v) is 12.6. The zero-order valence-corrected chi connectivity index (χ0v) is 19.3. The predicted octanol–water partition coefficient (Wildman–Crippen LogP) is 0.575. The van der Waals surface area contributed by atoms with Gasteiger partial charge in [0.15, 0.2) is 5.13 Å². The van der Waals surface area contributed by atoms with Gasteiger partial charge in [0, 0.05) is 29.8 Å². The number of nitrogens with two attached hydrogens (primary N) is 1. The van der Waals surface area contributed by atoms with Crippen molar-refractivity contribution in [1.29, 1.82) is 0 Å². The number of nitrogens with one attached hydrogen (secondary N) is 1. The zero-order valence-electron chi connectivity index (χ0n) is 17.7. The number of hydrogen-bond acceptors (Lipinski definition) is 8. The topological polar surface area (TPSA) is 146 Å². The molecule has 3 amide bonds. The van der Waals surface area contributed by atoms with Crippen molar-refractivity contribution < 1.29 is 24.3 Å². The Morgan fingerprint density at radius 3 is 2.79 bits per heavy atom. The van der Waals surface area contributed by atoms with Crippen molar-refractivity contribution in [3.8, 4) is 0 Å². The smallest absolute Gasteiger partial charge is 0.352 e. The van der Waals surface area contributed by atoms with Crippen LogP contribution in [0.4, 0.5) is 5.13 Å². The minimum Gasteiger partial charge on any atom is -0.477 e. The number of carbonyl (C=O) groups excluding carboxylic acids is 3. The lowest BCUT2D eigenvalue weighted by molar-refractivity contribution is -0.150. The minimum absolute atomic E-state index is 0.00664. The first-order valence-electron chi connectivity index (χ1n) is 10.7. The molecule has 174 valence electrons. The third kappa shape index (κ3) is 4.24. The number of hydrogen-bond donors (Lipinski definition) is 3. The van der Waals surface area contributed by atoms with Gasteiger partial charge in [0.2, 0.25) is 11.8 Å². The Labute approximate surface area is 197 Å². The van der Waals surface area contributed by atoms with Crippen LogP contribution in [0, 0.1) is 5.92 Å². The first kappa shape index (κ1) is 22.0. The number of carbonyl (C=O) groups is 4. The second-order valence-corrected chi connectivity index (χ2v) is 10.6. The molecule has 1 aromatic rings. The standard InChI is InChI=1S/C21H23N5O5S2/c22-21-23-13(9-33-21)6-14(27)24-15-18(29)26-16(20(30)31)12(8-32-19(15)26)5-11-3-4-25(17(11)28)7-10-1-2-10/h5,9-10,15,19H,1-4,6-8H2,(H2,22,23)(H,24,27)(H,30,31)/b11-5+/t15-,19-/m1/s1. The van der Waals surface area contributed by atoms with E-state index in [0.717, 1.165) is 19.4 Å². The fourth-order valence-corrected chi connectivity index (χ4v) is 6.21. The molecule has 2 atom stereocenters. The van der Waals surface area contributed by atoms with E-state index in [1.54, 1.807) is 11.5 Å². The van der Waals surface area contributed by atoms with Crippen molar-refractivity contribution >= 4 is 51.9 Å². The molecule has 0 bridgehead atoms. The number of nitrogen functional groups attached to an aromatic ring is 1. The van der Waals surface area contributed by atoms with Crippen molar-refractivity contribution in [3.05, 3.63) is 34.0 Å². The molecular weight excluding hydrogens is 466 g/mol. The van der Waals surface area contributed by atoms with Gasteiger partial charge in [-0.2, -0.15) is 0 Å². The molecule has 10 nitrogen and oxygen atoms in total. The molecule has 3 aliphatic heterocycles. The van der Waals surface area contributed by atoms with Gasteiger partial charge < -0.3 is 21.1 Å². The second kappa shape index (κ2) is 8.49. The van der Waals surface area contributed by atoms with Crippen LogP contribution in [0.5, 0.6) is 0 Å². The van der Waals surface area contributed by atoms with Gasteiger partial charge in [0.05, 0.1) is 12.1 Å². The molecule has 0 unspecified atom stereocenters. The number of aromatic nitrogens is 1. The molecule has 0 spiro atoms. The van der Waals surface area contributed by atoms with E-state index < -0.39 is 23.3 Å². The van der Waals surface area contributed by atoms with Gasteiger partial charge in [0.1, 0.15) is 17.1 Å². The van der Waals surface area contributed by atoms with Crippen molar-refractivity contribution in [2.75, 3.05) is 24.6 Å². The molecule has 12 heteroatoms. The lowest BCUT2D eigenvalue weighted by Crippen LogP contribution is -2.70. The number of carboxylic acids is 1. The Kier molecular flexibility index (Phi) is 5.65. The van der Waals surface area contributed by atoms with Crippen molar-refractivity contribution in [3.63, 3.8) is 0 Å². The number of carboxylic acid groups (broad SMARTS) is 1. The summed E-state index contributed by atoms with van der Waals surface area (Å²) in [5.74, 6) is -1.19. The summed E-state index contributed by atoms with van der Waals surface area (Å²) in [6, 6.07) is -0.802. The normalized spacial score (nSPS) is 26.0. The van der Waals surface area contributed by atoms with E-state index in [9.17, 15) is 24.3 Å². The van der Waals surface area contributed by atoms with Gasteiger partial charge in [-0.3, -0.25) is 19.3 Å². The number of thioether (sulfide) groups is 1. The summed E-state index contributed by atoms with van der Waals surface area (Å²) in [4.78, 5) is 57.0. The Hall–Kier alpha value is -2.86. The summed E-state index contributed by atoms with van der Waals surface area (Å²) in [5.41, 5.74) is 7.03. The fraction of sp³-hybridized carbons (Fsp3) is 0.476. The lowest BCUT2D eigenvalue weighted by atomic mass is 10.0. The van der Waals surface area contributed by atoms with Crippen LogP contribution < -0.4 is 11.1 Å². The monoisotopic (exact) mass is 489 g/mol. The predicted molar refractivity (Wildman–Crippen MR) is 122 cm³/mol. The van der Waals surface area contributed by atoms with Gasteiger partial charge in [0.25, 0.3) is 5.91 Å². The van der Waals surface area contributed by atoms with E-state index in [1.165, 1.54) is 28.0 Å². The van der Waals surface area contributed by atoms with E-state index in [-0.39, 0.29) is 23.9 Å². The van der Waals surface area contributed by atoms with E-state index in [4.69, 9.17) is 5.73 Å². The maximum Gasteiger partial charge on any atom is 0.352 e. The Bertz CT molecular complexity index is 1110. The summed E-state index contributed by atoms with van der Waals surface area (Å²) in [6.07, 6.45) is 4.52. The number of amides is 3. The molecule has 0 radical (unpaired) electrons. The number of likely N-dealkylation sites (tertiary alicyclic amines) is 1. The van der Waals surface area contributed by atoms with E-state index >= 15 is 0 Å². The van der Waals surface area contributed by atoms with Gasteiger partial charge in [-0.05, 0) is 36.8 Å². The number of nitrogens with zero attached hydrogens (tertiary/aromatic N) is 3. The molecule has 1 saturated carbocycles. The van der Waals surface area contributed by atoms with Crippen LogP contribution in [-0.4, -0.2) is 73.8 Å². The van der Waals surface area contributed by atoms with E-state index in [0.29, 0.717) is 46.6 Å². The molecule has 3 fully saturated rings. The van der Waals surface area contributed by atoms with Crippen LogP contribution in [0.25, 0.3) is 0 Å². The second-order valence-electron chi connectivity index (χ2n) is 8.60. The maximum absolute atomic E-state index is 12.8. The number of anilines is 1. The minimum atomic E-state index is -1.22. The van der Waals surface area contributed by atoms with Crippen molar-refractivity contribution in [2.45, 2.75) is 37.1 Å². The molecule has 4 N–H and O–H groups in total. The third-order valence-electron chi connectivity index (χ3n) is 6.16. The van der Waals surface area contributed by atoms with Crippen LogP contribution in [0.15, 0.2) is 28.3 Å². The zero-order chi connectivity index (χ0) is 23.3. The van der Waals surface area contributed by atoms with Crippen molar-refractivity contribution in [2.24, 2.45) is 5.92 Å². The maximum atomic E-state index is 12.8. The molecule has 2 saturated heterocycles. The number of allylic oxidation sites excluding steroid dienone is 1. The highest BCUT2D eigenvalue weighted by Crippen LogP contribution is 2.41. The molecule has 4 aliphatic rings. The summed E-state index contributed by atoms with van der Waals surface area (Å²) >= 11 is 2.61. The number of β-lactam (4-membered cyclic amide) rings is 1. The van der Waals surface area contributed by atoms with Crippen LogP contribution in [0.1, 0.15) is 25.0 Å². The van der Waals surface area contributed by atoms with Gasteiger partial charge >= 0.3 is 5.97 Å². The quantitative estimate of drug-likeness (QED) is 0.372. The third-order valence-corrected chi connectivity index (χ3v) is 8.19. The highest BCUT2D eigenvalue weighted by atomic mass is 32.2. The van der Waals surface area contributed by atoms with Crippen LogP contribution in [0.2, 0.25) is 0 Å². The first-order chi connectivity index (χ1) is 15.8. The molecule has 0 aromatic carbocycles. The van der Waals surface area contributed by atoms with E-state index in [2.05, 4.69) is 10.3 Å². The van der Waals surface area contributed by atoms with Crippen LogP contribution in [-0.2, 0) is 25.6 Å². The average molecular weight is 490 g/mol. The largest absolute Gasteiger partial charge is 0.477 e. The summed E-state index contributed by atoms with van der Waals surface area (Å²) < 4.78 is 0. The molecule has 4 heterocycles. The summed E-state index contributed by atoms with van der Waals surface area (Å²) in [6.45, 7) is 1.41. The van der Waals surface area contributed by atoms with Crippen LogP contribution >= 0.6 is 23.1 Å². The molecule has 5 rings (SSSR count). The number of aliphatic carboxylic acids is 1. The molecule has 1 aliphatic carbocycles. The van der Waals surface area contributed by atoms with Crippen molar-refractivity contribution in [1.82, 2.24) is 20.1 Å².